The first-order valence-electron chi connectivity index (χ1n) is 10.4. The molecule has 3 heterocycles. The van der Waals surface area contributed by atoms with Crippen molar-refractivity contribution in [2.75, 3.05) is 31.5 Å². The van der Waals surface area contributed by atoms with Crippen LogP contribution >= 0.6 is 0 Å². The van der Waals surface area contributed by atoms with Crippen LogP contribution in [0.1, 0.15) is 0 Å². The Bertz CT molecular complexity index is 1350. The quantitative estimate of drug-likeness (QED) is 0.537. The lowest BCUT2D eigenvalue weighted by molar-refractivity contribution is -0.133. The molecule has 5 rings (SSSR count). The summed E-state index contributed by atoms with van der Waals surface area (Å²) in [5.74, 6) is -0.201. The molecule has 162 valence electrons. The predicted octanol–water partition coefficient (Wildman–Crippen LogP) is 2.52. The summed E-state index contributed by atoms with van der Waals surface area (Å²) in [5, 5.41) is 3.62. The van der Waals surface area contributed by atoms with Gasteiger partial charge in [-0.1, -0.05) is 30.3 Å². The molecule has 0 aliphatic carbocycles. The number of piperazine rings is 1. The van der Waals surface area contributed by atoms with Gasteiger partial charge in [0, 0.05) is 37.3 Å². The molecule has 1 saturated heterocycles. The molecule has 3 amide bonds. The van der Waals surface area contributed by atoms with Gasteiger partial charge >= 0.3 is 6.03 Å². The van der Waals surface area contributed by atoms with Gasteiger partial charge in [0.15, 0.2) is 0 Å². The van der Waals surface area contributed by atoms with Crippen LogP contribution in [0.3, 0.4) is 0 Å². The Morgan fingerprint density at radius 3 is 2.41 bits per heavy atom. The first-order valence-corrected chi connectivity index (χ1v) is 10.4. The highest BCUT2D eigenvalue weighted by Gasteiger charge is 2.25. The van der Waals surface area contributed by atoms with E-state index >= 15 is 0 Å². The number of fused-ring (bicyclic) bond motifs is 3. The minimum absolute atomic E-state index is 0.130. The predicted molar refractivity (Wildman–Crippen MR) is 119 cm³/mol. The second-order valence-corrected chi connectivity index (χ2v) is 7.62. The van der Waals surface area contributed by atoms with E-state index in [1.54, 1.807) is 15.9 Å². The van der Waals surface area contributed by atoms with Gasteiger partial charge in [0.1, 0.15) is 17.6 Å². The standard InChI is InChI=1S/C23H21N5O4/c29-19(26-10-12-27(13-11-26)23(31)25-16-6-2-1-3-7-16)14-28-15-24-20-17-8-4-5-9-18(17)32-21(20)22(28)30/h1-9,15H,10-14H2,(H,25,31). The average molecular weight is 431 g/mol. The van der Waals surface area contributed by atoms with Crippen LogP contribution in [-0.4, -0.2) is 57.5 Å². The molecular formula is C23H21N5O4. The first-order chi connectivity index (χ1) is 15.6. The number of amides is 3. The smallest absolute Gasteiger partial charge is 0.321 e. The van der Waals surface area contributed by atoms with E-state index in [1.165, 1.54) is 10.9 Å². The SMILES string of the molecule is O=C(Cn1cnc2c(oc3ccccc32)c1=O)N1CCN(C(=O)Nc2ccccc2)CC1. The molecule has 1 aliphatic rings. The second kappa shape index (κ2) is 8.18. The number of carbonyl (C=O) groups excluding carboxylic acids is 2. The van der Waals surface area contributed by atoms with E-state index in [2.05, 4.69) is 10.3 Å². The number of hydrogen-bond acceptors (Lipinski definition) is 5. The third-order valence-electron chi connectivity index (χ3n) is 5.60. The maximum Gasteiger partial charge on any atom is 0.321 e. The van der Waals surface area contributed by atoms with Crippen molar-refractivity contribution in [1.29, 1.82) is 0 Å². The molecule has 0 atom stereocenters. The van der Waals surface area contributed by atoms with Gasteiger partial charge in [-0.3, -0.25) is 14.2 Å². The zero-order chi connectivity index (χ0) is 22.1. The largest absolute Gasteiger partial charge is 0.448 e. The van der Waals surface area contributed by atoms with Crippen LogP contribution in [0.25, 0.3) is 22.1 Å². The highest BCUT2D eigenvalue weighted by molar-refractivity contribution is 6.01. The van der Waals surface area contributed by atoms with Crippen molar-refractivity contribution in [3.8, 4) is 0 Å². The zero-order valence-electron chi connectivity index (χ0n) is 17.2. The summed E-state index contributed by atoms with van der Waals surface area (Å²) in [6.45, 7) is 1.50. The summed E-state index contributed by atoms with van der Waals surface area (Å²) in [6, 6.07) is 16.3. The van der Waals surface area contributed by atoms with E-state index in [0.29, 0.717) is 37.3 Å². The topological polar surface area (TPSA) is 101 Å². The van der Waals surface area contributed by atoms with Crippen molar-refractivity contribution in [2.24, 2.45) is 0 Å². The molecule has 2 aromatic carbocycles. The lowest BCUT2D eigenvalue weighted by atomic mass is 10.2. The molecule has 0 unspecified atom stereocenters. The molecule has 0 radical (unpaired) electrons. The number of para-hydroxylation sites is 2. The minimum Gasteiger partial charge on any atom is -0.448 e. The number of furan rings is 1. The highest BCUT2D eigenvalue weighted by atomic mass is 16.3. The van der Waals surface area contributed by atoms with Crippen LogP contribution < -0.4 is 10.9 Å². The molecule has 2 aromatic heterocycles. The fourth-order valence-corrected chi connectivity index (χ4v) is 3.86. The lowest BCUT2D eigenvalue weighted by Gasteiger charge is -2.34. The fourth-order valence-electron chi connectivity index (χ4n) is 3.86. The molecule has 1 fully saturated rings. The molecule has 0 spiro atoms. The van der Waals surface area contributed by atoms with Gasteiger partial charge < -0.3 is 19.5 Å². The maximum absolute atomic E-state index is 12.8. The van der Waals surface area contributed by atoms with Crippen LogP contribution in [0.4, 0.5) is 10.5 Å². The van der Waals surface area contributed by atoms with Crippen molar-refractivity contribution in [3.05, 3.63) is 71.3 Å². The molecular weight excluding hydrogens is 410 g/mol. The van der Waals surface area contributed by atoms with Gasteiger partial charge in [-0.2, -0.15) is 0 Å². The van der Waals surface area contributed by atoms with Gasteiger partial charge in [-0.15, -0.1) is 0 Å². The second-order valence-electron chi connectivity index (χ2n) is 7.62. The maximum atomic E-state index is 12.8. The third-order valence-corrected chi connectivity index (χ3v) is 5.60. The molecule has 1 aliphatic heterocycles. The normalized spacial score (nSPS) is 14.1. The summed E-state index contributed by atoms with van der Waals surface area (Å²) in [6.07, 6.45) is 1.38. The van der Waals surface area contributed by atoms with Crippen LogP contribution in [0, 0.1) is 0 Å². The van der Waals surface area contributed by atoms with Crippen LogP contribution in [0.15, 0.2) is 70.1 Å². The number of anilines is 1. The van der Waals surface area contributed by atoms with Crippen molar-refractivity contribution in [3.63, 3.8) is 0 Å². The van der Waals surface area contributed by atoms with Gasteiger partial charge in [-0.05, 0) is 24.3 Å². The Morgan fingerprint density at radius 1 is 0.938 bits per heavy atom. The third kappa shape index (κ3) is 3.68. The molecule has 9 heteroatoms. The number of rotatable bonds is 3. The fraction of sp³-hybridized carbons (Fsp3) is 0.217. The summed E-state index contributed by atoms with van der Waals surface area (Å²) < 4.78 is 6.93. The monoisotopic (exact) mass is 431 g/mol. The van der Waals surface area contributed by atoms with Crippen molar-refractivity contribution < 1.29 is 14.0 Å². The van der Waals surface area contributed by atoms with E-state index in [4.69, 9.17) is 4.42 Å². The number of urea groups is 1. The molecule has 32 heavy (non-hydrogen) atoms. The summed E-state index contributed by atoms with van der Waals surface area (Å²) in [7, 11) is 0. The molecule has 4 aromatic rings. The minimum atomic E-state index is -0.388. The molecule has 0 bridgehead atoms. The lowest BCUT2D eigenvalue weighted by Crippen LogP contribution is -2.52. The van der Waals surface area contributed by atoms with Gasteiger partial charge in [-0.25, -0.2) is 9.78 Å². The van der Waals surface area contributed by atoms with Gasteiger partial charge in [0.2, 0.25) is 11.5 Å². The van der Waals surface area contributed by atoms with Gasteiger partial charge in [0.25, 0.3) is 5.56 Å². The molecule has 0 saturated carbocycles. The number of benzene rings is 2. The zero-order valence-corrected chi connectivity index (χ0v) is 17.2. The number of nitrogens with zero attached hydrogens (tertiary/aromatic N) is 4. The Morgan fingerprint density at radius 2 is 1.62 bits per heavy atom. The van der Waals surface area contributed by atoms with E-state index in [0.717, 1.165) is 11.1 Å². The first kappa shape index (κ1) is 19.8. The Kier molecular flexibility index (Phi) is 5.06. The van der Waals surface area contributed by atoms with Crippen LogP contribution in [0.5, 0.6) is 0 Å². The van der Waals surface area contributed by atoms with Crippen LogP contribution in [0.2, 0.25) is 0 Å². The van der Waals surface area contributed by atoms with Crippen LogP contribution in [-0.2, 0) is 11.3 Å². The Balaban J connectivity index is 1.24. The average Bonchev–Trinajstić information content (AvgIpc) is 3.21. The van der Waals surface area contributed by atoms with E-state index in [1.807, 2.05) is 48.5 Å². The summed E-state index contributed by atoms with van der Waals surface area (Å²) in [4.78, 5) is 45.7. The van der Waals surface area contributed by atoms with E-state index in [9.17, 15) is 14.4 Å². The summed E-state index contributed by atoms with van der Waals surface area (Å²) in [5.41, 5.74) is 1.56. The number of nitrogens with one attached hydrogen (secondary N) is 1. The molecule has 1 N–H and O–H groups in total. The number of carbonyl (C=O) groups is 2. The number of hydrogen-bond donors (Lipinski definition) is 1. The highest BCUT2D eigenvalue weighted by Crippen LogP contribution is 2.24. The van der Waals surface area contributed by atoms with E-state index in [-0.39, 0.29) is 29.6 Å². The van der Waals surface area contributed by atoms with Gasteiger partial charge in [0.05, 0.1) is 6.33 Å². The van der Waals surface area contributed by atoms with Crippen molar-refractivity contribution in [2.45, 2.75) is 6.54 Å². The molecule has 9 nitrogen and oxygen atoms in total. The Hall–Kier alpha value is -4.14. The van der Waals surface area contributed by atoms with E-state index < -0.39 is 0 Å². The summed E-state index contributed by atoms with van der Waals surface area (Å²) >= 11 is 0. The number of aromatic nitrogens is 2. The van der Waals surface area contributed by atoms with Crippen molar-refractivity contribution >= 4 is 39.7 Å². The van der Waals surface area contributed by atoms with Crippen molar-refractivity contribution in [1.82, 2.24) is 19.4 Å². The Labute approximate surface area is 182 Å².